The zero-order chi connectivity index (χ0) is 14.1. The predicted molar refractivity (Wildman–Crippen MR) is 75.5 cm³/mol. The quantitative estimate of drug-likeness (QED) is 0.757. The molecule has 2 N–H and O–H groups in total. The van der Waals surface area contributed by atoms with Crippen LogP contribution in [0.1, 0.15) is 10.4 Å². The molecule has 4 nitrogen and oxygen atoms in total. The normalized spacial score (nSPS) is 10.7. The van der Waals surface area contributed by atoms with E-state index in [1.165, 1.54) is 12.1 Å². The van der Waals surface area contributed by atoms with Gasteiger partial charge in [0.1, 0.15) is 11.6 Å². The summed E-state index contributed by atoms with van der Waals surface area (Å²) in [6.45, 7) is 0. The van der Waals surface area contributed by atoms with E-state index in [0.717, 1.165) is 17.0 Å². The number of hydrogen-bond acceptors (Lipinski definition) is 2. The third-order valence-corrected chi connectivity index (χ3v) is 3.17. The van der Waals surface area contributed by atoms with Gasteiger partial charge in [-0.05, 0) is 30.3 Å². The zero-order valence-corrected chi connectivity index (χ0v) is 10.9. The summed E-state index contributed by atoms with van der Waals surface area (Å²) >= 11 is 5.58. The first-order chi connectivity index (χ1) is 9.63. The second-order valence-corrected chi connectivity index (χ2v) is 4.62. The van der Waals surface area contributed by atoms with Gasteiger partial charge in [-0.1, -0.05) is 11.6 Å². The minimum Gasteiger partial charge on any atom is -0.360 e. The van der Waals surface area contributed by atoms with Crippen molar-refractivity contribution in [1.82, 2.24) is 9.97 Å². The number of nitrogens with one attached hydrogen (secondary N) is 2. The van der Waals surface area contributed by atoms with E-state index in [-0.39, 0.29) is 10.6 Å². The molecule has 2 heterocycles. The van der Waals surface area contributed by atoms with Crippen LogP contribution in [0.15, 0.2) is 42.7 Å². The standard InChI is InChI=1S/C14H9ClFN3O/c15-10-2-1-9(5-11(10)16)14(20)19-13-6-8-3-4-17-12(8)7-18-13/h1-7,17H,(H,18,19,20). The van der Waals surface area contributed by atoms with Gasteiger partial charge in [-0.15, -0.1) is 0 Å². The highest BCUT2D eigenvalue weighted by molar-refractivity contribution is 6.30. The first-order valence-electron chi connectivity index (χ1n) is 5.83. The van der Waals surface area contributed by atoms with Gasteiger partial charge in [0.2, 0.25) is 0 Å². The van der Waals surface area contributed by atoms with Gasteiger partial charge in [0, 0.05) is 17.1 Å². The summed E-state index contributed by atoms with van der Waals surface area (Å²) in [6.07, 6.45) is 3.40. The van der Waals surface area contributed by atoms with Crippen LogP contribution >= 0.6 is 11.6 Å². The zero-order valence-electron chi connectivity index (χ0n) is 10.2. The summed E-state index contributed by atoms with van der Waals surface area (Å²) in [7, 11) is 0. The van der Waals surface area contributed by atoms with E-state index in [1.807, 2.05) is 6.07 Å². The molecule has 0 unspecified atom stereocenters. The molecular formula is C14H9ClFN3O. The van der Waals surface area contributed by atoms with Crippen LogP contribution in [-0.4, -0.2) is 15.9 Å². The second kappa shape index (κ2) is 4.94. The number of halogens is 2. The van der Waals surface area contributed by atoms with Crippen LogP contribution in [-0.2, 0) is 0 Å². The molecule has 0 bridgehead atoms. The second-order valence-electron chi connectivity index (χ2n) is 4.22. The Bertz CT molecular complexity index is 800. The Morgan fingerprint density at radius 3 is 2.95 bits per heavy atom. The number of fused-ring (bicyclic) bond motifs is 1. The number of benzene rings is 1. The summed E-state index contributed by atoms with van der Waals surface area (Å²) in [6, 6.07) is 7.49. The summed E-state index contributed by atoms with van der Waals surface area (Å²) in [5.74, 6) is -0.672. The number of pyridine rings is 1. The Morgan fingerprint density at radius 1 is 1.30 bits per heavy atom. The minimum absolute atomic E-state index is 0.0200. The summed E-state index contributed by atoms with van der Waals surface area (Å²) < 4.78 is 13.3. The lowest BCUT2D eigenvalue weighted by atomic mass is 10.2. The van der Waals surface area contributed by atoms with Crippen molar-refractivity contribution in [2.45, 2.75) is 0 Å². The summed E-state index contributed by atoms with van der Waals surface area (Å²) in [5.41, 5.74) is 1.06. The van der Waals surface area contributed by atoms with Gasteiger partial charge in [-0.3, -0.25) is 4.79 Å². The molecule has 0 saturated carbocycles. The van der Waals surface area contributed by atoms with Crippen LogP contribution < -0.4 is 5.32 Å². The highest BCUT2D eigenvalue weighted by Gasteiger charge is 2.10. The number of aromatic amines is 1. The van der Waals surface area contributed by atoms with E-state index in [2.05, 4.69) is 15.3 Å². The molecule has 3 rings (SSSR count). The molecule has 6 heteroatoms. The molecule has 1 aromatic carbocycles. The van der Waals surface area contributed by atoms with Crippen molar-refractivity contribution in [3.05, 3.63) is 59.1 Å². The maximum absolute atomic E-state index is 13.3. The van der Waals surface area contributed by atoms with Gasteiger partial charge in [-0.25, -0.2) is 9.37 Å². The number of carbonyl (C=O) groups excluding carboxylic acids is 1. The highest BCUT2D eigenvalue weighted by Crippen LogP contribution is 2.18. The smallest absolute Gasteiger partial charge is 0.256 e. The largest absolute Gasteiger partial charge is 0.360 e. The van der Waals surface area contributed by atoms with E-state index in [1.54, 1.807) is 18.5 Å². The van der Waals surface area contributed by atoms with Crippen molar-refractivity contribution < 1.29 is 9.18 Å². The van der Waals surface area contributed by atoms with Crippen molar-refractivity contribution in [2.24, 2.45) is 0 Å². The third-order valence-electron chi connectivity index (χ3n) is 2.86. The van der Waals surface area contributed by atoms with Crippen LogP contribution in [0.3, 0.4) is 0 Å². The SMILES string of the molecule is O=C(Nc1cc2cc[nH]c2cn1)c1ccc(Cl)c(F)c1. The Morgan fingerprint density at radius 2 is 2.15 bits per heavy atom. The molecule has 0 radical (unpaired) electrons. The molecule has 0 saturated heterocycles. The fourth-order valence-electron chi connectivity index (χ4n) is 1.84. The van der Waals surface area contributed by atoms with E-state index in [9.17, 15) is 9.18 Å². The fraction of sp³-hybridized carbons (Fsp3) is 0. The highest BCUT2D eigenvalue weighted by atomic mass is 35.5. The van der Waals surface area contributed by atoms with Crippen molar-refractivity contribution >= 4 is 34.2 Å². The van der Waals surface area contributed by atoms with Gasteiger partial charge in [-0.2, -0.15) is 0 Å². The van der Waals surface area contributed by atoms with Crippen molar-refractivity contribution in [2.75, 3.05) is 5.32 Å². The maximum Gasteiger partial charge on any atom is 0.256 e. The van der Waals surface area contributed by atoms with Crippen LogP contribution in [0.4, 0.5) is 10.2 Å². The van der Waals surface area contributed by atoms with Gasteiger partial charge < -0.3 is 10.3 Å². The molecule has 1 amide bonds. The topological polar surface area (TPSA) is 57.8 Å². The van der Waals surface area contributed by atoms with Crippen molar-refractivity contribution in [3.63, 3.8) is 0 Å². The molecule has 0 aliphatic carbocycles. The monoisotopic (exact) mass is 289 g/mol. The molecule has 3 aromatic rings. The molecule has 0 aliphatic heterocycles. The molecule has 0 atom stereocenters. The third kappa shape index (κ3) is 2.35. The summed E-state index contributed by atoms with van der Waals surface area (Å²) in [4.78, 5) is 19.1. The molecule has 0 spiro atoms. The Kier molecular flexibility index (Phi) is 3.12. The fourth-order valence-corrected chi connectivity index (χ4v) is 1.96. The number of H-pyrrole nitrogens is 1. The van der Waals surface area contributed by atoms with Gasteiger partial charge in [0.15, 0.2) is 0 Å². The Labute approximate surface area is 118 Å². The van der Waals surface area contributed by atoms with Crippen LogP contribution in [0.25, 0.3) is 10.9 Å². The first kappa shape index (κ1) is 12.6. The van der Waals surface area contributed by atoms with E-state index in [4.69, 9.17) is 11.6 Å². The Balaban J connectivity index is 1.85. The lowest BCUT2D eigenvalue weighted by Crippen LogP contribution is -2.13. The number of aromatic nitrogens is 2. The molecule has 0 fully saturated rings. The number of rotatable bonds is 2. The molecule has 20 heavy (non-hydrogen) atoms. The minimum atomic E-state index is -0.631. The first-order valence-corrected chi connectivity index (χ1v) is 6.21. The van der Waals surface area contributed by atoms with Crippen LogP contribution in [0, 0.1) is 5.82 Å². The number of anilines is 1. The number of amides is 1. The molecule has 2 aromatic heterocycles. The number of hydrogen-bond donors (Lipinski definition) is 2. The molecule has 100 valence electrons. The van der Waals surface area contributed by atoms with Crippen molar-refractivity contribution in [3.8, 4) is 0 Å². The number of nitrogens with zero attached hydrogens (tertiary/aromatic N) is 1. The van der Waals surface area contributed by atoms with E-state index < -0.39 is 11.7 Å². The van der Waals surface area contributed by atoms with Gasteiger partial charge >= 0.3 is 0 Å². The van der Waals surface area contributed by atoms with Gasteiger partial charge in [0.05, 0.1) is 16.7 Å². The lowest BCUT2D eigenvalue weighted by molar-refractivity contribution is 0.102. The average molecular weight is 290 g/mol. The number of carbonyl (C=O) groups is 1. The van der Waals surface area contributed by atoms with E-state index in [0.29, 0.717) is 5.82 Å². The van der Waals surface area contributed by atoms with Crippen LogP contribution in [0.2, 0.25) is 5.02 Å². The molecule has 0 aliphatic rings. The van der Waals surface area contributed by atoms with Crippen LogP contribution in [0.5, 0.6) is 0 Å². The molecular weight excluding hydrogens is 281 g/mol. The summed E-state index contributed by atoms with van der Waals surface area (Å²) in [5, 5.41) is 3.52. The average Bonchev–Trinajstić information content (AvgIpc) is 2.89. The van der Waals surface area contributed by atoms with Crippen molar-refractivity contribution in [1.29, 1.82) is 0 Å². The Hall–Kier alpha value is -2.40. The van der Waals surface area contributed by atoms with E-state index >= 15 is 0 Å². The lowest BCUT2D eigenvalue weighted by Gasteiger charge is -2.05. The van der Waals surface area contributed by atoms with Gasteiger partial charge in [0.25, 0.3) is 5.91 Å². The maximum atomic E-state index is 13.3. The predicted octanol–water partition coefficient (Wildman–Crippen LogP) is 3.61.